The molecule has 0 N–H and O–H groups in total. The molecule has 1 aromatic rings. The van der Waals surface area contributed by atoms with Gasteiger partial charge < -0.3 is 0 Å². The van der Waals surface area contributed by atoms with Gasteiger partial charge in [0.25, 0.3) is 0 Å². The average Bonchev–Trinajstić information content (AvgIpc) is 2.07. The van der Waals surface area contributed by atoms with Crippen molar-refractivity contribution >= 4 is 5.78 Å². The lowest BCUT2D eigenvalue weighted by Gasteiger charge is -2.02. The van der Waals surface area contributed by atoms with Crippen molar-refractivity contribution in [1.82, 2.24) is 10.2 Å². The predicted molar refractivity (Wildman–Crippen MR) is 54.9 cm³/mol. The molecule has 14 heavy (non-hydrogen) atoms. The predicted octanol–water partition coefficient (Wildman–Crippen LogP) is 1.94. The maximum absolute atomic E-state index is 11.4. The number of rotatable bonds is 4. The van der Waals surface area contributed by atoms with E-state index in [4.69, 9.17) is 0 Å². The molecule has 0 aliphatic rings. The van der Waals surface area contributed by atoms with Gasteiger partial charge in [-0.1, -0.05) is 13.8 Å². The Morgan fingerprint density at radius 3 is 2.57 bits per heavy atom. The minimum Gasteiger partial charge on any atom is -0.299 e. The van der Waals surface area contributed by atoms with E-state index in [-0.39, 0.29) is 5.78 Å². The van der Waals surface area contributed by atoms with Crippen molar-refractivity contribution in [2.45, 2.75) is 33.6 Å². The number of hydrogen-bond donors (Lipinski definition) is 0. The molecule has 0 amide bonds. The lowest BCUT2D eigenvalue weighted by molar-refractivity contribution is -0.119. The topological polar surface area (TPSA) is 42.9 Å². The molecule has 1 aromatic heterocycles. The van der Waals surface area contributed by atoms with Gasteiger partial charge >= 0.3 is 0 Å². The van der Waals surface area contributed by atoms with Gasteiger partial charge in [-0.3, -0.25) is 4.79 Å². The number of nitrogens with zero attached hydrogens (tertiary/aromatic N) is 2. The van der Waals surface area contributed by atoms with E-state index < -0.39 is 0 Å². The molecule has 0 aliphatic carbocycles. The van der Waals surface area contributed by atoms with Crippen LogP contribution >= 0.6 is 0 Å². The van der Waals surface area contributed by atoms with E-state index >= 15 is 0 Å². The van der Waals surface area contributed by atoms with Gasteiger partial charge in [-0.05, 0) is 25.0 Å². The number of Topliss-reactive ketones (excluding diaryl/α,β-unsaturated/α-hetero) is 1. The third-order valence-corrected chi connectivity index (χ3v) is 1.87. The maximum atomic E-state index is 11.4. The van der Waals surface area contributed by atoms with Crippen LogP contribution in [-0.4, -0.2) is 16.0 Å². The van der Waals surface area contributed by atoms with E-state index in [1.54, 1.807) is 0 Å². The Balaban J connectivity index is 2.52. The number of aromatic nitrogens is 2. The smallest absolute Gasteiger partial charge is 0.139 e. The van der Waals surface area contributed by atoms with E-state index in [0.717, 1.165) is 11.4 Å². The number of carbonyl (C=O) groups excluding carboxylic acids is 1. The molecule has 0 unspecified atom stereocenters. The molecule has 0 saturated heterocycles. The number of hydrogen-bond acceptors (Lipinski definition) is 3. The lowest BCUT2D eigenvalue weighted by atomic mass is 10.0. The Kier molecular flexibility index (Phi) is 3.74. The summed E-state index contributed by atoms with van der Waals surface area (Å²) in [6.07, 6.45) is 1.03. The normalized spacial score (nSPS) is 10.6. The van der Waals surface area contributed by atoms with Crippen molar-refractivity contribution < 1.29 is 4.79 Å². The highest BCUT2D eigenvalue weighted by Crippen LogP contribution is 2.04. The molecule has 0 spiro atoms. The van der Waals surface area contributed by atoms with Crippen molar-refractivity contribution in [2.75, 3.05) is 0 Å². The van der Waals surface area contributed by atoms with E-state index in [0.29, 0.717) is 18.8 Å². The molecule has 1 rings (SSSR count). The zero-order chi connectivity index (χ0) is 10.6. The number of aryl methyl sites for hydroxylation is 1. The third kappa shape index (κ3) is 3.64. The molecule has 0 radical (unpaired) electrons. The summed E-state index contributed by atoms with van der Waals surface area (Å²) in [6, 6.07) is 3.74. The van der Waals surface area contributed by atoms with Gasteiger partial charge in [0.05, 0.1) is 17.8 Å². The highest BCUT2D eigenvalue weighted by Gasteiger charge is 2.07. The molecule has 0 bridgehead atoms. The number of carbonyl (C=O) groups is 1. The van der Waals surface area contributed by atoms with Gasteiger partial charge in [-0.15, -0.1) is 0 Å². The standard InChI is InChI=1S/C11H16N2O/c1-8(2)6-11(14)7-10-5-4-9(3)12-13-10/h4-5,8H,6-7H2,1-3H3. The second-order valence-corrected chi connectivity index (χ2v) is 3.98. The minimum atomic E-state index is 0.234. The Labute approximate surface area is 84.6 Å². The van der Waals surface area contributed by atoms with Crippen LogP contribution in [-0.2, 0) is 11.2 Å². The van der Waals surface area contributed by atoms with E-state index in [2.05, 4.69) is 10.2 Å². The zero-order valence-electron chi connectivity index (χ0n) is 8.95. The monoisotopic (exact) mass is 192 g/mol. The van der Waals surface area contributed by atoms with Crippen molar-refractivity contribution in [3.05, 3.63) is 23.5 Å². The van der Waals surface area contributed by atoms with Crippen LogP contribution in [0, 0.1) is 12.8 Å². The Bertz CT molecular complexity index is 304. The first kappa shape index (κ1) is 10.8. The van der Waals surface area contributed by atoms with Crippen LogP contribution in [0.2, 0.25) is 0 Å². The van der Waals surface area contributed by atoms with Crippen LogP contribution in [0.4, 0.5) is 0 Å². The van der Waals surface area contributed by atoms with Gasteiger partial charge in [0.1, 0.15) is 5.78 Å². The van der Waals surface area contributed by atoms with Crippen molar-refractivity contribution in [3.63, 3.8) is 0 Å². The van der Waals surface area contributed by atoms with Crippen LogP contribution in [0.1, 0.15) is 31.7 Å². The average molecular weight is 192 g/mol. The van der Waals surface area contributed by atoms with Crippen LogP contribution in [0.15, 0.2) is 12.1 Å². The Morgan fingerprint density at radius 1 is 1.36 bits per heavy atom. The first-order valence-electron chi connectivity index (χ1n) is 4.89. The van der Waals surface area contributed by atoms with Gasteiger partial charge in [0, 0.05) is 6.42 Å². The minimum absolute atomic E-state index is 0.234. The fourth-order valence-electron chi connectivity index (χ4n) is 1.25. The summed E-state index contributed by atoms with van der Waals surface area (Å²) in [6.45, 7) is 5.96. The molecule has 3 nitrogen and oxygen atoms in total. The molecule has 0 atom stereocenters. The number of ketones is 1. The largest absolute Gasteiger partial charge is 0.299 e. The van der Waals surface area contributed by atoms with Crippen molar-refractivity contribution in [3.8, 4) is 0 Å². The molecular formula is C11H16N2O. The fourth-order valence-corrected chi connectivity index (χ4v) is 1.25. The molecule has 0 aliphatic heterocycles. The Hall–Kier alpha value is -1.25. The summed E-state index contributed by atoms with van der Waals surface area (Å²) in [7, 11) is 0. The molecule has 0 fully saturated rings. The van der Waals surface area contributed by atoms with E-state index in [1.165, 1.54) is 0 Å². The molecule has 76 valence electrons. The summed E-state index contributed by atoms with van der Waals surface area (Å²) < 4.78 is 0. The van der Waals surface area contributed by atoms with Crippen LogP contribution in [0.3, 0.4) is 0 Å². The first-order valence-corrected chi connectivity index (χ1v) is 4.89. The highest BCUT2D eigenvalue weighted by molar-refractivity contribution is 5.80. The molecular weight excluding hydrogens is 176 g/mol. The first-order chi connectivity index (χ1) is 6.58. The van der Waals surface area contributed by atoms with Crippen LogP contribution in [0.5, 0.6) is 0 Å². The summed E-state index contributed by atoms with van der Waals surface area (Å²) in [5, 5.41) is 7.86. The van der Waals surface area contributed by atoms with Gasteiger partial charge in [0.2, 0.25) is 0 Å². The second kappa shape index (κ2) is 4.84. The highest BCUT2D eigenvalue weighted by atomic mass is 16.1. The van der Waals surface area contributed by atoms with Gasteiger partial charge in [-0.25, -0.2) is 0 Å². The molecule has 0 aromatic carbocycles. The van der Waals surface area contributed by atoms with Gasteiger partial charge in [-0.2, -0.15) is 10.2 Å². The zero-order valence-corrected chi connectivity index (χ0v) is 8.95. The second-order valence-electron chi connectivity index (χ2n) is 3.98. The van der Waals surface area contributed by atoms with Crippen LogP contribution in [0.25, 0.3) is 0 Å². The Morgan fingerprint density at radius 2 is 2.07 bits per heavy atom. The van der Waals surface area contributed by atoms with E-state index in [9.17, 15) is 4.79 Å². The lowest BCUT2D eigenvalue weighted by Crippen LogP contribution is -2.08. The van der Waals surface area contributed by atoms with E-state index in [1.807, 2.05) is 32.9 Å². The van der Waals surface area contributed by atoms with Crippen molar-refractivity contribution in [1.29, 1.82) is 0 Å². The quantitative estimate of drug-likeness (QED) is 0.732. The van der Waals surface area contributed by atoms with Crippen LogP contribution < -0.4 is 0 Å². The molecule has 3 heteroatoms. The summed E-state index contributed by atoms with van der Waals surface area (Å²) in [4.78, 5) is 11.4. The SMILES string of the molecule is Cc1ccc(CC(=O)CC(C)C)nn1. The summed E-state index contributed by atoms with van der Waals surface area (Å²) >= 11 is 0. The summed E-state index contributed by atoms with van der Waals surface area (Å²) in [5.74, 6) is 0.652. The maximum Gasteiger partial charge on any atom is 0.139 e. The van der Waals surface area contributed by atoms with Gasteiger partial charge in [0.15, 0.2) is 0 Å². The summed E-state index contributed by atoms with van der Waals surface area (Å²) in [5.41, 5.74) is 1.64. The third-order valence-electron chi connectivity index (χ3n) is 1.87. The fraction of sp³-hybridized carbons (Fsp3) is 0.545. The molecule has 1 heterocycles. The van der Waals surface area contributed by atoms with Crippen molar-refractivity contribution in [2.24, 2.45) is 5.92 Å². The molecule has 0 saturated carbocycles.